The Bertz CT molecular complexity index is 344. The molecule has 1 aromatic carbocycles. The van der Waals surface area contributed by atoms with Gasteiger partial charge in [0.1, 0.15) is 13.3 Å². The average molecular weight is 262 g/mol. The number of alkyl halides is 1. The third-order valence-electron chi connectivity index (χ3n) is 1.56. The van der Waals surface area contributed by atoms with Gasteiger partial charge < -0.3 is 10.5 Å². The summed E-state index contributed by atoms with van der Waals surface area (Å²) in [7, 11) is 0. The van der Waals surface area contributed by atoms with Gasteiger partial charge in [0.05, 0.1) is 10.0 Å². The van der Waals surface area contributed by atoms with Gasteiger partial charge in [-0.05, 0) is 28.1 Å². The Morgan fingerprint density at radius 1 is 1.57 bits per heavy atom. The van der Waals surface area contributed by atoms with Crippen molar-refractivity contribution in [1.29, 1.82) is 0 Å². The number of nitrogens with two attached hydrogens (primary N) is 1. The Labute approximate surface area is 89.2 Å². The van der Waals surface area contributed by atoms with Gasteiger partial charge in [0.15, 0.2) is 0 Å². The fourth-order valence-electron chi connectivity index (χ4n) is 0.917. The van der Waals surface area contributed by atoms with Crippen molar-refractivity contribution < 1.29 is 13.9 Å². The predicted octanol–water partition coefficient (Wildman–Crippen LogP) is 2.16. The van der Waals surface area contributed by atoms with Crippen LogP contribution in [0.2, 0.25) is 0 Å². The number of halogens is 2. The lowest BCUT2D eigenvalue weighted by molar-refractivity contribution is 0.0480. The molecule has 5 heteroatoms. The first kappa shape index (κ1) is 11.0. The molecular formula is C9H9BrFNO2. The molecule has 0 fully saturated rings. The molecule has 0 saturated heterocycles. The van der Waals surface area contributed by atoms with Gasteiger partial charge in [0.2, 0.25) is 0 Å². The van der Waals surface area contributed by atoms with E-state index in [0.717, 1.165) is 0 Å². The van der Waals surface area contributed by atoms with Crippen molar-refractivity contribution in [1.82, 2.24) is 0 Å². The number of esters is 1. The first-order chi connectivity index (χ1) is 6.66. The second-order valence-electron chi connectivity index (χ2n) is 2.53. The van der Waals surface area contributed by atoms with E-state index in [1.54, 1.807) is 18.2 Å². The Balaban J connectivity index is 2.84. The van der Waals surface area contributed by atoms with Crippen molar-refractivity contribution in [3.05, 3.63) is 28.2 Å². The normalized spacial score (nSPS) is 9.86. The topological polar surface area (TPSA) is 52.3 Å². The fourth-order valence-corrected chi connectivity index (χ4v) is 1.34. The van der Waals surface area contributed by atoms with Gasteiger partial charge in [-0.3, -0.25) is 0 Å². The monoisotopic (exact) mass is 261 g/mol. The summed E-state index contributed by atoms with van der Waals surface area (Å²) in [5.74, 6) is -0.582. The second kappa shape index (κ2) is 4.95. The minimum atomic E-state index is -0.689. The Kier molecular flexibility index (Phi) is 3.88. The van der Waals surface area contributed by atoms with Crippen LogP contribution in [0.5, 0.6) is 0 Å². The number of carbonyl (C=O) groups excluding carboxylic acids is 1. The van der Waals surface area contributed by atoms with Crippen LogP contribution in [-0.4, -0.2) is 19.3 Å². The molecule has 0 amide bonds. The van der Waals surface area contributed by atoms with Crippen LogP contribution in [0.1, 0.15) is 10.4 Å². The van der Waals surface area contributed by atoms with Crippen LogP contribution < -0.4 is 5.73 Å². The standard InChI is InChI=1S/C9H9BrFNO2/c10-8-6(2-1-3-7(8)12)9(13)14-5-4-11/h1-3H,4-5,12H2. The van der Waals surface area contributed by atoms with Crippen LogP contribution in [-0.2, 0) is 4.74 Å². The maximum Gasteiger partial charge on any atom is 0.339 e. The molecule has 0 spiro atoms. The molecule has 0 aromatic heterocycles. The number of ether oxygens (including phenoxy) is 1. The number of benzene rings is 1. The number of hydrogen-bond donors (Lipinski definition) is 1. The van der Waals surface area contributed by atoms with Crippen LogP contribution in [0, 0.1) is 0 Å². The summed E-state index contributed by atoms with van der Waals surface area (Å²) in [5.41, 5.74) is 6.31. The van der Waals surface area contributed by atoms with Crippen LogP contribution in [0.25, 0.3) is 0 Å². The van der Waals surface area contributed by atoms with Crippen molar-refractivity contribution in [3.8, 4) is 0 Å². The number of carbonyl (C=O) groups is 1. The van der Waals surface area contributed by atoms with Crippen LogP contribution in [0.3, 0.4) is 0 Å². The molecule has 0 atom stereocenters. The van der Waals surface area contributed by atoms with Gasteiger partial charge in [0.25, 0.3) is 0 Å². The zero-order valence-corrected chi connectivity index (χ0v) is 8.88. The number of hydrogen-bond acceptors (Lipinski definition) is 3. The Hall–Kier alpha value is -1.10. The molecule has 0 radical (unpaired) electrons. The zero-order valence-electron chi connectivity index (χ0n) is 7.30. The summed E-state index contributed by atoms with van der Waals surface area (Å²) in [5, 5.41) is 0. The van der Waals surface area contributed by atoms with Crippen LogP contribution in [0.4, 0.5) is 10.1 Å². The highest BCUT2D eigenvalue weighted by Gasteiger charge is 2.12. The SMILES string of the molecule is Nc1cccc(C(=O)OCCF)c1Br. The molecule has 1 aromatic rings. The van der Waals surface area contributed by atoms with E-state index in [2.05, 4.69) is 20.7 Å². The average Bonchev–Trinajstić information content (AvgIpc) is 2.18. The number of nitrogen functional groups attached to an aromatic ring is 1. The molecule has 2 N–H and O–H groups in total. The first-order valence-electron chi connectivity index (χ1n) is 3.94. The minimum Gasteiger partial charge on any atom is -0.459 e. The molecule has 0 aliphatic heterocycles. The zero-order chi connectivity index (χ0) is 10.6. The molecular weight excluding hydrogens is 253 g/mol. The highest BCUT2D eigenvalue weighted by atomic mass is 79.9. The number of anilines is 1. The molecule has 14 heavy (non-hydrogen) atoms. The second-order valence-corrected chi connectivity index (χ2v) is 3.33. The molecule has 0 bridgehead atoms. The van der Waals surface area contributed by atoms with Gasteiger partial charge in [-0.1, -0.05) is 6.07 Å². The van der Waals surface area contributed by atoms with Crippen LogP contribution in [0.15, 0.2) is 22.7 Å². The Morgan fingerprint density at radius 2 is 2.29 bits per heavy atom. The van der Waals surface area contributed by atoms with Gasteiger partial charge in [-0.2, -0.15) is 0 Å². The summed E-state index contributed by atoms with van der Waals surface area (Å²) in [6, 6.07) is 4.84. The molecule has 3 nitrogen and oxygen atoms in total. The third kappa shape index (κ3) is 2.45. The van der Waals surface area contributed by atoms with Crippen molar-refractivity contribution in [2.24, 2.45) is 0 Å². The highest BCUT2D eigenvalue weighted by Crippen LogP contribution is 2.24. The van der Waals surface area contributed by atoms with E-state index in [1.165, 1.54) is 0 Å². The van der Waals surface area contributed by atoms with E-state index in [1.807, 2.05) is 0 Å². The smallest absolute Gasteiger partial charge is 0.339 e. The van der Waals surface area contributed by atoms with Gasteiger partial charge in [-0.25, -0.2) is 9.18 Å². The lowest BCUT2D eigenvalue weighted by Gasteiger charge is -2.05. The molecule has 0 aliphatic rings. The summed E-state index contributed by atoms with van der Waals surface area (Å²) < 4.78 is 16.8. The van der Waals surface area contributed by atoms with Crippen molar-refractivity contribution in [2.75, 3.05) is 19.0 Å². The van der Waals surface area contributed by atoms with Crippen molar-refractivity contribution in [2.45, 2.75) is 0 Å². The van der Waals surface area contributed by atoms with E-state index in [-0.39, 0.29) is 6.61 Å². The third-order valence-corrected chi connectivity index (χ3v) is 2.44. The van der Waals surface area contributed by atoms with Crippen LogP contribution >= 0.6 is 15.9 Å². The molecule has 0 saturated carbocycles. The minimum absolute atomic E-state index is 0.236. The lowest BCUT2D eigenvalue weighted by atomic mass is 10.2. The first-order valence-corrected chi connectivity index (χ1v) is 4.73. The molecule has 0 heterocycles. The van der Waals surface area contributed by atoms with E-state index >= 15 is 0 Å². The highest BCUT2D eigenvalue weighted by molar-refractivity contribution is 9.10. The molecule has 76 valence electrons. The molecule has 1 rings (SSSR count). The Morgan fingerprint density at radius 3 is 2.93 bits per heavy atom. The predicted molar refractivity (Wildman–Crippen MR) is 54.8 cm³/mol. The van der Waals surface area contributed by atoms with Crippen molar-refractivity contribution >= 4 is 27.6 Å². The van der Waals surface area contributed by atoms with E-state index in [9.17, 15) is 9.18 Å². The lowest BCUT2D eigenvalue weighted by Crippen LogP contribution is -2.08. The van der Waals surface area contributed by atoms with Gasteiger partial charge in [0, 0.05) is 5.69 Å². The molecule has 0 unspecified atom stereocenters. The maximum absolute atomic E-state index is 11.7. The molecule has 0 aliphatic carbocycles. The van der Waals surface area contributed by atoms with Crippen molar-refractivity contribution in [3.63, 3.8) is 0 Å². The summed E-state index contributed by atoms with van der Waals surface area (Å²) in [6.45, 7) is -0.925. The van der Waals surface area contributed by atoms with E-state index in [4.69, 9.17) is 5.73 Å². The summed E-state index contributed by atoms with van der Waals surface area (Å²) in [4.78, 5) is 11.3. The maximum atomic E-state index is 11.7. The summed E-state index contributed by atoms with van der Waals surface area (Å²) >= 11 is 3.15. The quantitative estimate of drug-likeness (QED) is 0.670. The fraction of sp³-hybridized carbons (Fsp3) is 0.222. The van der Waals surface area contributed by atoms with E-state index in [0.29, 0.717) is 15.7 Å². The van der Waals surface area contributed by atoms with Gasteiger partial charge >= 0.3 is 5.97 Å². The summed E-state index contributed by atoms with van der Waals surface area (Å²) in [6.07, 6.45) is 0. The van der Waals surface area contributed by atoms with E-state index < -0.39 is 12.6 Å². The largest absolute Gasteiger partial charge is 0.459 e. The number of rotatable bonds is 3. The van der Waals surface area contributed by atoms with Gasteiger partial charge in [-0.15, -0.1) is 0 Å².